The van der Waals surface area contributed by atoms with Gasteiger partial charge in [0, 0.05) is 18.4 Å². The Kier molecular flexibility index (Phi) is 6.38. The Labute approximate surface area is 212 Å². The molecule has 0 atom stereocenters. The summed E-state index contributed by atoms with van der Waals surface area (Å²) in [6.07, 6.45) is 0. The minimum Gasteiger partial charge on any atom is -0.478 e. The Bertz CT molecular complexity index is 1430. The first kappa shape index (κ1) is 23.1. The number of fused-ring (bicyclic) bond motifs is 1. The molecular formula is C27H23N5O3S. The zero-order valence-electron chi connectivity index (χ0n) is 19.3. The van der Waals surface area contributed by atoms with Gasteiger partial charge in [-0.25, -0.2) is 19.4 Å². The molecule has 0 unspecified atom stereocenters. The van der Waals surface area contributed by atoms with Crippen molar-refractivity contribution in [3.05, 3.63) is 103 Å². The molecule has 36 heavy (non-hydrogen) atoms. The number of aromatic carboxylic acids is 1. The maximum Gasteiger partial charge on any atom is 0.341 e. The Morgan fingerprint density at radius 3 is 2.44 bits per heavy atom. The first-order valence-corrected chi connectivity index (χ1v) is 11.9. The Hall–Kier alpha value is -4.63. The summed E-state index contributed by atoms with van der Waals surface area (Å²) in [6, 6.07) is 29.7. The molecule has 2 amide bonds. The van der Waals surface area contributed by atoms with Gasteiger partial charge >= 0.3 is 12.0 Å². The zero-order chi connectivity index (χ0) is 25.1. The predicted octanol–water partition coefficient (Wildman–Crippen LogP) is 6.35. The van der Waals surface area contributed by atoms with Crippen LogP contribution in [0.4, 0.5) is 33.2 Å². The third-order valence-corrected chi connectivity index (χ3v) is 6.54. The number of urea groups is 1. The van der Waals surface area contributed by atoms with Crippen molar-refractivity contribution < 1.29 is 14.7 Å². The lowest BCUT2D eigenvalue weighted by Crippen LogP contribution is -2.44. The van der Waals surface area contributed by atoms with E-state index in [9.17, 15) is 14.7 Å². The SMILES string of the molecule is CN(C(=O)NN1SNc2ccccc21)c1cccc(-c2ccc(Nc3ccccc3C(=O)O)cc2)c1. The van der Waals surface area contributed by atoms with Crippen LogP contribution >= 0.6 is 12.1 Å². The zero-order valence-corrected chi connectivity index (χ0v) is 20.1. The molecule has 1 heterocycles. The quantitative estimate of drug-likeness (QED) is 0.230. The van der Waals surface area contributed by atoms with Crippen LogP contribution < -0.4 is 24.8 Å². The number of hydrazine groups is 1. The van der Waals surface area contributed by atoms with Crippen molar-refractivity contribution in [2.45, 2.75) is 0 Å². The van der Waals surface area contributed by atoms with Crippen molar-refractivity contribution in [2.24, 2.45) is 0 Å². The predicted molar refractivity (Wildman–Crippen MR) is 146 cm³/mol. The number of amides is 2. The van der Waals surface area contributed by atoms with Gasteiger partial charge in [0.2, 0.25) is 0 Å². The van der Waals surface area contributed by atoms with Crippen molar-refractivity contribution in [1.29, 1.82) is 0 Å². The molecule has 1 aliphatic heterocycles. The standard InChI is InChI=1S/C27H23N5O3S/c1-31(27(35)29-32-25-12-5-4-11-24(25)30-36-32)21-8-6-7-19(17-21)18-13-15-20(16-14-18)28-23-10-3-2-9-22(23)26(33)34/h2-17,28,30H,1H3,(H,29,35)(H,33,34). The average molecular weight is 498 g/mol. The van der Waals surface area contributed by atoms with Gasteiger partial charge in [-0.2, -0.15) is 0 Å². The van der Waals surface area contributed by atoms with Gasteiger partial charge in [0.25, 0.3) is 0 Å². The van der Waals surface area contributed by atoms with Crippen LogP contribution in [0.2, 0.25) is 0 Å². The number of carboxylic acids is 1. The number of carboxylic acid groups (broad SMARTS) is 1. The number of hydrogen-bond donors (Lipinski definition) is 4. The van der Waals surface area contributed by atoms with E-state index >= 15 is 0 Å². The van der Waals surface area contributed by atoms with Gasteiger partial charge < -0.3 is 15.1 Å². The Morgan fingerprint density at radius 1 is 0.889 bits per heavy atom. The van der Waals surface area contributed by atoms with Crippen LogP contribution in [0.15, 0.2) is 97.1 Å². The second-order valence-electron chi connectivity index (χ2n) is 8.08. The van der Waals surface area contributed by atoms with Crippen LogP contribution in [0.3, 0.4) is 0 Å². The van der Waals surface area contributed by atoms with E-state index in [1.807, 2.05) is 72.8 Å². The molecule has 5 rings (SSSR count). The van der Waals surface area contributed by atoms with Crippen LogP contribution in [0, 0.1) is 0 Å². The van der Waals surface area contributed by atoms with Crippen molar-refractivity contribution in [1.82, 2.24) is 5.43 Å². The van der Waals surface area contributed by atoms with Gasteiger partial charge in [-0.15, -0.1) is 0 Å². The maximum absolute atomic E-state index is 12.9. The summed E-state index contributed by atoms with van der Waals surface area (Å²) in [6.45, 7) is 0. The Morgan fingerprint density at radius 2 is 1.64 bits per heavy atom. The average Bonchev–Trinajstić information content (AvgIpc) is 3.31. The molecule has 9 heteroatoms. The highest BCUT2D eigenvalue weighted by Gasteiger charge is 2.23. The first-order chi connectivity index (χ1) is 17.5. The maximum atomic E-state index is 12.9. The highest BCUT2D eigenvalue weighted by atomic mass is 32.2. The molecular weight excluding hydrogens is 474 g/mol. The van der Waals surface area contributed by atoms with E-state index in [0.29, 0.717) is 5.69 Å². The number of nitrogens with one attached hydrogen (secondary N) is 3. The second-order valence-corrected chi connectivity index (χ2v) is 8.84. The molecule has 4 aromatic carbocycles. The monoisotopic (exact) mass is 497 g/mol. The molecule has 180 valence electrons. The van der Waals surface area contributed by atoms with E-state index in [1.54, 1.807) is 40.6 Å². The fourth-order valence-electron chi connectivity index (χ4n) is 3.82. The number of nitrogens with zero attached hydrogens (tertiary/aromatic N) is 2. The molecule has 8 nitrogen and oxygen atoms in total. The number of anilines is 5. The molecule has 1 aliphatic rings. The summed E-state index contributed by atoms with van der Waals surface area (Å²) >= 11 is 1.30. The van der Waals surface area contributed by atoms with Crippen molar-refractivity contribution in [2.75, 3.05) is 26.4 Å². The van der Waals surface area contributed by atoms with Gasteiger partial charge in [-0.05, 0) is 59.7 Å². The van der Waals surface area contributed by atoms with Crippen LogP contribution in [0.5, 0.6) is 0 Å². The van der Waals surface area contributed by atoms with E-state index in [1.165, 1.54) is 12.1 Å². The van der Waals surface area contributed by atoms with E-state index in [-0.39, 0.29) is 11.6 Å². The lowest BCUT2D eigenvalue weighted by molar-refractivity contribution is 0.0698. The van der Waals surface area contributed by atoms with Crippen LogP contribution in [0.1, 0.15) is 10.4 Å². The molecule has 0 bridgehead atoms. The minimum atomic E-state index is -0.983. The molecule has 4 N–H and O–H groups in total. The largest absolute Gasteiger partial charge is 0.478 e. The summed E-state index contributed by atoms with van der Waals surface area (Å²) in [5, 5.41) is 12.6. The van der Waals surface area contributed by atoms with Gasteiger partial charge in [0.1, 0.15) is 0 Å². The van der Waals surface area contributed by atoms with Crippen molar-refractivity contribution >= 4 is 52.6 Å². The number of benzene rings is 4. The Balaban J connectivity index is 1.29. The molecule has 0 fully saturated rings. The van der Waals surface area contributed by atoms with Gasteiger partial charge in [0.15, 0.2) is 0 Å². The van der Waals surface area contributed by atoms with Gasteiger partial charge in [-0.1, -0.05) is 48.5 Å². The van der Waals surface area contributed by atoms with E-state index in [0.717, 1.165) is 33.9 Å². The third-order valence-electron chi connectivity index (χ3n) is 5.76. The van der Waals surface area contributed by atoms with Crippen molar-refractivity contribution in [3.8, 4) is 11.1 Å². The van der Waals surface area contributed by atoms with E-state index in [4.69, 9.17) is 0 Å². The summed E-state index contributed by atoms with van der Waals surface area (Å²) < 4.78 is 4.87. The summed E-state index contributed by atoms with van der Waals surface area (Å²) in [4.78, 5) is 25.9. The lowest BCUT2D eigenvalue weighted by atomic mass is 10.0. The molecule has 0 spiro atoms. The molecule has 0 saturated carbocycles. The summed E-state index contributed by atoms with van der Waals surface area (Å²) in [5.74, 6) is -0.983. The summed E-state index contributed by atoms with van der Waals surface area (Å²) in [7, 11) is 1.72. The van der Waals surface area contributed by atoms with E-state index < -0.39 is 5.97 Å². The molecule has 0 radical (unpaired) electrons. The van der Waals surface area contributed by atoms with Crippen LogP contribution in [0.25, 0.3) is 11.1 Å². The van der Waals surface area contributed by atoms with E-state index in [2.05, 4.69) is 15.5 Å². The number of rotatable bonds is 6. The topological polar surface area (TPSA) is 96.9 Å². The number of para-hydroxylation sites is 3. The van der Waals surface area contributed by atoms with Crippen LogP contribution in [-0.2, 0) is 0 Å². The number of carbonyl (C=O) groups is 2. The fraction of sp³-hybridized carbons (Fsp3) is 0.0370. The van der Waals surface area contributed by atoms with Crippen molar-refractivity contribution in [3.63, 3.8) is 0 Å². The van der Waals surface area contributed by atoms with Crippen LogP contribution in [-0.4, -0.2) is 24.2 Å². The normalized spacial score (nSPS) is 11.9. The fourth-order valence-corrected chi connectivity index (χ4v) is 4.56. The minimum absolute atomic E-state index is 0.210. The second kappa shape index (κ2) is 9.93. The number of carbonyl (C=O) groups excluding carboxylic acids is 1. The molecule has 0 saturated heterocycles. The molecule has 0 aromatic heterocycles. The lowest BCUT2D eigenvalue weighted by Gasteiger charge is -2.23. The first-order valence-electron chi connectivity index (χ1n) is 11.2. The highest BCUT2D eigenvalue weighted by molar-refractivity contribution is 8.02. The smallest absolute Gasteiger partial charge is 0.341 e. The number of hydrogen-bond acceptors (Lipinski definition) is 6. The summed E-state index contributed by atoms with van der Waals surface area (Å²) in [5.41, 5.74) is 8.91. The van der Waals surface area contributed by atoms with Gasteiger partial charge in [-0.3, -0.25) is 4.90 Å². The highest BCUT2D eigenvalue weighted by Crippen LogP contribution is 2.37. The third kappa shape index (κ3) is 4.77. The molecule has 0 aliphatic carbocycles. The molecule has 4 aromatic rings. The van der Waals surface area contributed by atoms with Gasteiger partial charge in [0.05, 0.1) is 34.8 Å².